The summed E-state index contributed by atoms with van der Waals surface area (Å²) in [7, 11) is 1.56. The van der Waals surface area contributed by atoms with Gasteiger partial charge in [-0.3, -0.25) is 0 Å². The largest absolute Gasteiger partial charge is 0.493 e. The van der Waals surface area contributed by atoms with Crippen LogP contribution >= 0.6 is 15.9 Å². The minimum atomic E-state index is -0.503. The highest BCUT2D eigenvalue weighted by Crippen LogP contribution is 2.45. The Morgan fingerprint density at radius 2 is 1.88 bits per heavy atom. The molecule has 0 aromatic heterocycles. The highest BCUT2D eigenvalue weighted by molar-refractivity contribution is 9.10. The normalized spacial score (nSPS) is 14.5. The topological polar surface area (TPSA) is 104 Å². The van der Waals surface area contributed by atoms with Crippen LogP contribution in [0.3, 0.4) is 0 Å². The summed E-state index contributed by atoms with van der Waals surface area (Å²) in [5, 5.41) is 9.81. The third kappa shape index (κ3) is 4.56. The van der Waals surface area contributed by atoms with Crippen LogP contribution in [-0.4, -0.2) is 19.7 Å². The van der Waals surface area contributed by atoms with Gasteiger partial charge in [-0.2, -0.15) is 5.26 Å². The Morgan fingerprint density at radius 1 is 1.12 bits per heavy atom. The lowest BCUT2D eigenvalue weighted by atomic mass is 9.83. The van der Waals surface area contributed by atoms with E-state index in [0.29, 0.717) is 40.7 Å². The van der Waals surface area contributed by atoms with Crippen molar-refractivity contribution in [2.24, 2.45) is 5.73 Å². The first-order valence-electron chi connectivity index (χ1n) is 10.4. The highest BCUT2D eigenvalue weighted by atomic mass is 79.9. The number of fused-ring (bicyclic) bond motifs is 1. The van der Waals surface area contributed by atoms with Gasteiger partial charge in [0.1, 0.15) is 23.1 Å². The second-order valence-electron chi connectivity index (χ2n) is 7.36. The van der Waals surface area contributed by atoms with Gasteiger partial charge >= 0.3 is 5.97 Å². The zero-order chi connectivity index (χ0) is 24.2. The fraction of sp³-hybridized carbons (Fsp3) is 0.154. The van der Waals surface area contributed by atoms with Crippen LogP contribution in [0.2, 0.25) is 0 Å². The highest BCUT2D eigenvalue weighted by Gasteiger charge is 2.31. The van der Waals surface area contributed by atoms with E-state index in [1.165, 1.54) is 0 Å². The van der Waals surface area contributed by atoms with Crippen molar-refractivity contribution in [3.63, 3.8) is 0 Å². The van der Waals surface area contributed by atoms with Crippen molar-refractivity contribution in [1.29, 1.82) is 5.26 Å². The molecule has 34 heavy (non-hydrogen) atoms. The number of rotatable bonds is 6. The molecule has 0 spiro atoms. The lowest BCUT2D eigenvalue weighted by Crippen LogP contribution is -2.21. The van der Waals surface area contributed by atoms with Crippen molar-refractivity contribution >= 4 is 21.9 Å². The van der Waals surface area contributed by atoms with Gasteiger partial charge in [0, 0.05) is 16.1 Å². The number of hydrogen-bond donors (Lipinski definition) is 1. The van der Waals surface area contributed by atoms with E-state index in [9.17, 15) is 10.1 Å². The van der Waals surface area contributed by atoms with E-state index in [1.54, 1.807) is 55.6 Å². The van der Waals surface area contributed by atoms with Crippen LogP contribution in [0.1, 0.15) is 34.3 Å². The molecule has 0 bridgehead atoms. The van der Waals surface area contributed by atoms with Crippen LogP contribution in [0.25, 0.3) is 0 Å². The van der Waals surface area contributed by atoms with Crippen molar-refractivity contribution < 1.29 is 23.7 Å². The first-order chi connectivity index (χ1) is 16.4. The van der Waals surface area contributed by atoms with Gasteiger partial charge in [-0.05, 0) is 55.0 Å². The summed E-state index contributed by atoms with van der Waals surface area (Å²) in [6.07, 6.45) is 0. The molecule has 1 unspecified atom stereocenters. The number of carbonyl (C=O) groups is 1. The van der Waals surface area contributed by atoms with Crippen molar-refractivity contribution in [2.75, 3.05) is 13.7 Å². The zero-order valence-corrected chi connectivity index (χ0v) is 20.1. The fourth-order valence-electron chi connectivity index (χ4n) is 3.73. The number of carbonyl (C=O) groups excluding carboxylic acids is 1. The number of esters is 1. The molecule has 0 saturated heterocycles. The van der Waals surface area contributed by atoms with E-state index < -0.39 is 11.9 Å². The second kappa shape index (κ2) is 9.89. The van der Waals surface area contributed by atoms with Gasteiger partial charge in [-0.15, -0.1) is 0 Å². The Bertz CT molecular complexity index is 1310. The smallest absolute Gasteiger partial charge is 0.343 e. The lowest BCUT2D eigenvalue weighted by molar-refractivity contribution is 0.0734. The van der Waals surface area contributed by atoms with Crippen molar-refractivity contribution in [2.45, 2.75) is 12.8 Å². The van der Waals surface area contributed by atoms with Crippen LogP contribution in [0.4, 0.5) is 0 Å². The molecule has 1 heterocycles. The number of nitrogens with two attached hydrogens (primary N) is 1. The summed E-state index contributed by atoms with van der Waals surface area (Å²) in [5.41, 5.74) is 8.28. The van der Waals surface area contributed by atoms with Crippen LogP contribution in [0.15, 0.2) is 76.6 Å². The molecule has 172 valence electrons. The van der Waals surface area contributed by atoms with Crippen LogP contribution in [0.5, 0.6) is 23.0 Å². The average molecular weight is 521 g/mol. The van der Waals surface area contributed by atoms with Crippen LogP contribution in [-0.2, 0) is 0 Å². The monoisotopic (exact) mass is 520 g/mol. The van der Waals surface area contributed by atoms with Crippen LogP contribution < -0.4 is 24.7 Å². The molecule has 3 aromatic carbocycles. The number of nitrogens with zero attached hydrogens (tertiary/aromatic N) is 1. The average Bonchev–Trinajstić information content (AvgIpc) is 2.84. The third-order valence-corrected chi connectivity index (χ3v) is 5.83. The van der Waals surface area contributed by atoms with Crippen LogP contribution in [0, 0.1) is 11.3 Å². The van der Waals surface area contributed by atoms with Gasteiger partial charge < -0.3 is 24.7 Å². The molecule has 0 fully saturated rings. The summed E-state index contributed by atoms with van der Waals surface area (Å²) in [5.74, 6) is 0.837. The molecule has 1 aliphatic rings. The molecule has 3 aromatic rings. The van der Waals surface area contributed by atoms with Gasteiger partial charge in [0.05, 0.1) is 25.2 Å². The molecular formula is C26H21BrN2O5. The van der Waals surface area contributed by atoms with Gasteiger partial charge in [-0.1, -0.05) is 28.1 Å². The maximum absolute atomic E-state index is 12.5. The second-order valence-corrected chi connectivity index (χ2v) is 8.28. The molecule has 0 aliphatic carbocycles. The standard InChI is InChI=1S/C26H21BrN2O5/c1-3-32-21-11-6-16(12-23(21)31-2)24-19-10-9-18(13-22(19)34-25(29)20(24)14-28)33-26(30)15-4-7-17(27)8-5-15/h4-13,24H,3,29H2,1-2H3. The predicted molar refractivity (Wildman–Crippen MR) is 129 cm³/mol. The van der Waals surface area contributed by atoms with Crippen molar-refractivity contribution in [1.82, 2.24) is 0 Å². The van der Waals surface area contributed by atoms with Gasteiger partial charge in [0.15, 0.2) is 11.5 Å². The SMILES string of the molecule is CCOc1ccc(C2C(C#N)=C(N)Oc3cc(OC(=O)c4ccc(Br)cc4)ccc32)cc1OC. The first-order valence-corrected chi connectivity index (χ1v) is 11.2. The van der Waals surface area contributed by atoms with E-state index in [4.69, 9.17) is 24.7 Å². The number of halogens is 1. The molecule has 2 N–H and O–H groups in total. The number of hydrogen-bond acceptors (Lipinski definition) is 7. The summed E-state index contributed by atoms with van der Waals surface area (Å²) in [4.78, 5) is 12.5. The molecule has 0 amide bonds. The van der Waals surface area contributed by atoms with E-state index in [0.717, 1.165) is 10.0 Å². The zero-order valence-electron chi connectivity index (χ0n) is 18.5. The van der Waals surface area contributed by atoms with E-state index in [2.05, 4.69) is 22.0 Å². The number of nitriles is 1. The molecule has 1 aliphatic heterocycles. The number of allylic oxidation sites excluding steroid dienone is 1. The number of benzene rings is 3. The fourth-order valence-corrected chi connectivity index (χ4v) is 4.00. The molecule has 7 nitrogen and oxygen atoms in total. The minimum Gasteiger partial charge on any atom is -0.493 e. The molecule has 4 rings (SSSR count). The summed E-state index contributed by atoms with van der Waals surface area (Å²) < 4.78 is 23.2. The van der Waals surface area contributed by atoms with E-state index in [-0.39, 0.29) is 11.5 Å². The van der Waals surface area contributed by atoms with Gasteiger partial charge in [-0.25, -0.2) is 4.79 Å². The Kier molecular flexibility index (Phi) is 6.75. The molecule has 1 atom stereocenters. The summed E-state index contributed by atoms with van der Waals surface area (Å²) >= 11 is 3.34. The Morgan fingerprint density at radius 3 is 2.56 bits per heavy atom. The Hall–Kier alpha value is -3.96. The lowest BCUT2D eigenvalue weighted by Gasteiger charge is -2.27. The quantitative estimate of drug-likeness (QED) is 0.347. The minimum absolute atomic E-state index is 0.00997. The maximum atomic E-state index is 12.5. The summed E-state index contributed by atoms with van der Waals surface area (Å²) in [6, 6.07) is 19.5. The number of methoxy groups -OCH3 is 1. The summed E-state index contributed by atoms with van der Waals surface area (Å²) in [6.45, 7) is 2.38. The van der Waals surface area contributed by atoms with Crippen molar-refractivity contribution in [3.05, 3.63) is 93.3 Å². The molecule has 0 radical (unpaired) electrons. The molecule has 0 saturated carbocycles. The first kappa shape index (κ1) is 23.2. The molecule has 8 heteroatoms. The predicted octanol–water partition coefficient (Wildman–Crippen LogP) is 5.29. The third-order valence-electron chi connectivity index (χ3n) is 5.30. The van der Waals surface area contributed by atoms with E-state index in [1.807, 2.05) is 19.1 Å². The van der Waals surface area contributed by atoms with Crippen molar-refractivity contribution in [3.8, 4) is 29.1 Å². The van der Waals surface area contributed by atoms with Gasteiger partial charge in [0.25, 0.3) is 0 Å². The maximum Gasteiger partial charge on any atom is 0.343 e. The Labute approximate surface area is 205 Å². The molecular weight excluding hydrogens is 500 g/mol. The Balaban J connectivity index is 1.70. The van der Waals surface area contributed by atoms with E-state index >= 15 is 0 Å². The van der Waals surface area contributed by atoms with Gasteiger partial charge in [0.2, 0.25) is 5.88 Å². The number of ether oxygens (including phenoxy) is 4.